The van der Waals surface area contributed by atoms with Crippen molar-refractivity contribution in [2.75, 3.05) is 13.2 Å². The lowest BCUT2D eigenvalue weighted by atomic mass is 9.84. The van der Waals surface area contributed by atoms with Crippen LogP contribution in [0.3, 0.4) is 0 Å². The van der Waals surface area contributed by atoms with Gasteiger partial charge in [0.05, 0.1) is 12.6 Å². The van der Waals surface area contributed by atoms with Crippen molar-refractivity contribution in [3.05, 3.63) is 0 Å². The Balaban J connectivity index is 1.72. The minimum atomic E-state index is -1.66. The molecule has 2 heterocycles. The molecule has 0 radical (unpaired) electrons. The smallest absolute Gasteiger partial charge is 0.187 e. The summed E-state index contributed by atoms with van der Waals surface area (Å²) in [7, 11) is 0. The van der Waals surface area contributed by atoms with E-state index in [1.165, 1.54) is 0 Å². The Bertz CT molecular complexity index is 584. The van der Waals surface area contributed by atoms with Gasteiger partial charge in [0, 0.05) is 18.6 Å². The van der Waals surface area contributed by atoms with Crippen molar-refractivity contribution in [2.24, 2.45) is 22.9 Å². The molecule has 0 bridgehead atoms. The molecular weight excluding hydrogens is 448 g/mol. The van der Waals surface area contributed by atoms with Gasteiger partial charge in [-0.25, -0.2) is 0 Å². The van der Waals surface area contributed by atoms with Crippen molar-refractivity contribution < 1.29 is 54.7 Å². The Morgan fingerprint density at radius 1 is 0.667 bits per heavy atom. The summed E-state index contributed by atoms with van der Waals surface area (Å²) in [6, 6.07) is -2.86. The maximum Gasteiger partial charge on any atom is 0.187 e. The Morgan fingerprint density at radius 3 is 1.70 bits per heavy atom. The van der Waals surface area contributed by atoms with E-state index in [1.807, 2.05) is 0 Å². The van der Waals surface area contributed by atoms with Crippen LogP contribution < -0.4 is 22.9 Å². The second-order valence-electron chi connectivity index (χ2n) is 8.79. The third-order valence-electron chi connectivity index (χ3n) is 6.48. The summed E-state index contributed by atoms with van der Waals surface area (Å²) in [5.41, 5.74) is 23.5. The molecule has 0 aromatic rings. The van der Waals surface area contributed by atoms with Crippen LogP contribution in [0.2, 0.25) is 0 Å². The number of hydrogen-bond donors (Lipinski definition) is 11. The number of aliphatic hydroxyl groups is 7. The molecule has 2 saturated heterocycles. The fraction of sp³-hybridized carbons (Fsp3) is 1.00. The summed E-state index contributed by atoms with van der Waals surface area (Å²) in [5, 5.41) is 70.9. The van der Waals surface area contributed by atoms with E-state index in [4.69, 9.17) is 41.9 Å². The van der Waals surface area contributed by atoms with Crippen molar-refractivity contribution >= 4 is 0 Å². The highest BCUT2D eigenvalue weighted by Gasteiger charge is 2.51. The van der Waals surface area contributed by atoms with Crippen molar-refractivity contribution in [2.45, 2.75) is 98.2 Å². The van der Waals surface area contributed by atoms with Crippen molar-refractivity contribution in [3.8, 4) is 0 Å². The summed E-state index contributed by atoms with van der Waals surface area (Å²) in [6.45, 7) is -0.763. The van der Waals surface area contributed by atoms with E-state index >= 15 is 0 Å². The van der Waals surface area contributed by atoms with Crippen LogP contribution in [0.5, 0.6) is 0 Å². The van der Waals surface area contributed by atoms with Crippen molar-refractivity contribution in [1.82, 2.24) is 0 Å². The lowest BCUT2D eigenvalue weighted by molar-refractivity contribution is -0.332. The predicted octanol–water partition coefficient (Wildman–Crippen LogP) is -7.29. The van der Waals surface area contributed by atoms with E-state index in [-0.39, 0.29) is 13.0 Å². The topological polar surface area (TPSA) is 283 Å². The molecular formula is C18H36N4O11. The van der Waals surface area contributed by atoms with Crippen molar-refractivity contribution in [1.29, 1.82) is 0 Å². The van der Waals surface area contributed by atoms with Crippen LogP contribution in [-0.2, 0) is 18.9 Å². The van der Waals surface area contributed by atoms with E-state index < -0.39 is 98.4 Å². The molecule has 0 spiro atoms. The molecule has 0 amide bonds. The van der Waals surface area contributed by atoms with Gasteiger partial charge < -0.3 is 77.6 Å². The molecule has 0 aromatic carbocycles. The molecule has 3 rings (SSSR count). The number of hydrogen-bond acceptors (Lipinski definition) is 15. The fourth-order valence-electron chi connectivity index (χ4n) is 4.40. The average molecular weight is 485 g/mol. The first kappa shape index (κ1) is 27.0. The van der Waals surface area contributed by atoms with Crippen LogP contribution in [0.1, 0.15) is 6.42 Å². The molecule has 194 valence electrons. The van der Waals surface area contributed by atoms with E-state index in [1.54, 1.807) is 0 Å². The van der Waals surface area contributed by atoms with E-state index in [9.17, 15) is 35.7 Å². The van der Waals surface area contributed by atoms with Gasteiger partial charge in [0.15, 0.2) is 12.6 Å². The first-order valence-electron chi connectivity index (χ1n) is 10.8. The molecule has 15 N–H and O–H groups in total. The molecule has 33 heavy (non-hydrogen) atoms. The molecule has 15 nitrogen and oxygen atoms in total. The average Bonchev–Trinajstić information content (AvgIpc) is 2.79. The maximum absolute atomic E-state index is 10.9. The molecule has 15 atom stereocenters. The zero-order chi connectivity index (χ0) is 24.6. The zero-order valence-electron chi connectivity index (χ0n) is 17.9. The zero-order valence-corrected chi connectivity index (χ0v) is 17.9. The Kier molecular flexibility index (Phi) is 8.99. The summed E-state index contributed by atoms with van der Waals surface area (Å²) in [4.78, 5) is 0. The Labute approximate surface area is 189 Å². The van der Waals surface area contributed by atoms with Gasteiger partial charge in [-0.2, -0.15) is 0 Å². The lowest BCUT2D eigenvalue weighted by Crippen LogP contribution is -2.68. The molecule has 15 heteroatoms. The lowest BCUT2D eigenvalue weighted by Gasteiger charge is -2.48. The molecule has 2 aliphatic heterocycles. The van der Waals surface area contributed by atoms with Gasteiger partial charge in [0.1, 0.15) is 61.0 Å². The number of aliphatic hydroxyl groups excluding tert-OH is 7. The summed E-state index contributed by atoms with van der Waals surface area (Å²) in [5.74, 6) is 0. The SMILES string of the molecule is NC[C@@H]1O[C@@H](O[C@@H]2[C@@H](O)[C@H](O[C@H]3O[C@H](CO)[C@@H](O)[C@H](N)[C@H]3O)[C@@H](N)C[C@H]2N)[C@@H](O)[C@H](O)[C@H]1O. The van der Waals surface area contributed by atoms with Crippen LogP contribution in [0.25, 0.3) is 0 Å². The van der Waals surface area contributed by atoms with Gasteiger partial charge in [-0.1, -0.05) is 0 Å². The van der Waals surface area contributed by atoms with Gasteiger partial charge in [-0.3, -0.25) is 0 Å². The summed E-state index contributed by atoms with van der Waals surface area (Å²) < 4.78 is 22.2. The van der Waals surface area contributed by atoms with Gasteiger partial charge in [-0.15, -0.1) is 0 Å². The van der Waals surface area contributed by atoms with E-state index in [0.717, 1.165) is 0 Å². The number of rotatable bonds is 6. The highest BCUT2D eigenvalue weighted by molar-refractivity contribution is 5.01. The number of ether oxygens (including phenoxy) is 4. The largest absolute Gasteiger partial charge is 0.394 e. The minimum Gasteiger partial charge on any atom is -0.394 e. The van der Waals surface area contributed by atoms with Crippen LogP contribution >= 0.6 is 0 Å². The second-order valence-corrected chi connectivity index (χ2v) is 8.79. The first-order chi connectivity index (χ1) is 15.5. The normalized spacial score (nSPS) is 53.7. The Morgan fingerprint density at radius 2 is 1.18 bits per heavy atom. The quantitative estimate of drug-likeness (QED) is 0.167. The molecule has 1 aliphatic carbocycles. The fourth-order valence-corrected chi connectivity index (χ4v) is 4.40. The first-order valence-corrected chi connectivity index (χ1v) is 10.8. The Hall–Kier alpha value is -0.600. The highest BCUT2D eigenvalue weighted by Crippen LogP contribution is 2.31. The van der Waals surface area contributed by atoms with E-state index in [2.05, 4.69) is 0 Å². The van der Waals surface area contributed by atoms with Gasteiger partial charge >= 0.3 is 0 Å². The van der Waals surface area contributed by atoms with E-state index in [0.29, 0.717) is 0 Å². The third-order valence-corrected chi connectivity index (χ3v) is 6.48. The van der Waals surface area contributed by atoms with Gasteiger partial charge in [-0.05, 0) is 6.42 Å². The third kappa shape index (κ3) is 5.32. The van der Waals surface area contributed by atoms with Crippen LogP contribution in [0, 0.1) is 0 Å². The van der Waals surface area contributed by atoms with Crippen LogP contribution in [0.4, 0.5) is 0 Å². The predicted molar refractivity (Wildman–Crippen MR) is 108 cm³/mol. The second kappa shape index (κ2) is 11.0. The maximum atomic E-state index is 10.9. The highest BCUT2D eigenvalue weighted by atomic mass is 16.7. The van der Waals surface area contributed by atoms with Crippen LogP contribution in [-0.4, -0.2) is 141 Å². The summed E-state index contributed by atoms with van der Waals surface area (Å²) in [6.07, 6.45) is -16.5. The molecule has 0 aromatic heterocycles. The molecule has 3 aliphatic rings. The monoisotopic (exact) mass is 484 g/mol. The molecule has 3 fully saturated rings. The van der Waals surface area contributed by atoms with Gasteiger partial charge in [0.25, 0.3) is 0 Å². The molecule has 1 saturated carbocycles. The summed E-state index contributed by atoms with van der Waals surface area (Å²) >= 11 is 0. The minimum absolute atomic E-state index is 0.0849. The standard InChI is InChI=1S/C18H36N4O11/c19-2-6-10(25)12(27)13(28)18(30-6)33-16-5(21)1-4(20)15(14(16)29)32-17-11(26)8(22)9(24)7(3-23)31-17/h4-18,23-29H,1-3,19-22H2/t4-,5+,6-,7+,8-,9+,10-,11+,12+,13-,14-,15+,16-,17+,18-/m0/s1. The van der Waals surface area contributed by atoms with Crippen LogP contribution in [0.15, 0.2) is 0 Å². The molecule has 0 unspecified atom stereocenters. The number of nitrogens with two attached hydrogens (primary N) is 4. The van der Waals surface area contributed by atoms with Crippen molar-refractivity contribution in [3.63, 3.8) is 0 Å². The van der Waals surface area contributed by atoms with Gasteiger partial charge in [0.2, 0.25) is 0 Å².